The Labute approximate surface area is 133 Å². The summed E-state index contributed by atoms with van der Waals surface area (Å²) in [7, 11) is 1.76. The molecule has 1 amide bonds. The van der Waals surface area contributed by atoms with Crippen LogP contribution in [0, 0.1) is 0 Å². The van der Waals surface area contributed by atoms with E-state index in [-0.39, 0.29) is 10.7 Å². The summed E-state index contributed by atoms with van der Waals surface area (Å²) in [5.74, 6) is 2.32. The van der Waals surface area contributed by atoms with Crippen LogP contribution >= 0.6 is 11.8 Å². The summed E-state index contributed by atoms with van der Waals surface area (Å²) in [6, 6.07) is 5.51. The smallest absolute Gasteiger partial charge is 0.257 e. The van der Waals surface area contributed by atoms with Gasteiger partial charge in [0.2, 0.25) is 0 Å². The van der Waals surface area contributed by atoms with Crippen LogP contribution in [-0.4, -0.2) is 60.8 Å². The van der Waals surface area contributed by atoms with Crippen molar-refractivity contribution in [2.45, 2.75) is 17.3 Å². The van der Waals surface area contributed by atoms with Gasteiger partial charge in [0.1, 0.15) is 13.2 Å². The van der Waals surface area contributed by atoms with Gasteiger partial charge in [-0.05, 0) is 18.6 Å². The lowest BCUT2D eigenvalue weighted by atomic mass is 9.92. The molecule has 3 aliphatic heterocycles. The third-order valence-electron chi connectivity index (χ3n) is 4.55. The molecule has 1 atom stereocenters. The third kappa shape index (κ3) is 2.25. The first-order valence-electron chi connectivity index (χ1n) is 7.55. The van der Waals surface area contributed by atoms with Gasteiger partial charge < -0.3 is 19.1 Å². The fourth-order valence-corrected chi connectivity index (χ4v) is 4.97. The number of amides is 1. The van der Waals surface area contributed by atoms with Crippen LogP contribution in [0.4, 0.5) is 0 Å². The number of carbonyl (C=O) groups is 1. The lowest BCUT2D eigenvalue weighted by Crippen LogP contribution is -2.60. The minimum atomic E-state index is 0.0365. The molecule has 2 saturated heterocycles. The van der Waals surface area contributed by atoms with Crippen LogP contribution < -0.4 is 9.47 Å². The maximum Gasteiger partial charge on any atom is 0.257 e. The number of nitrogens with zero attached hydrogens (tertiary/aromatic N) is 1. The second-order valence-electron chi connectivity index (χ2n) is 6.05. The van der Waals surface area contributed by atoms with Crippen molar-refractivity contribution in [1.82, 2.24) is 4.90 Å². The number of carbonyl (C=O) groups excluding carboxylic acids is 1. The van der Waals surface area contributed by atoms with E-state index in [2.05, 4.69) is 0 Å². The zero-order valence-corrected chi connectivity index (χ0v) is 13.4. The van der Waals surface area contributed by atoms with Gasteiger partial charge in [-0.1, -0.05) is 6.07 Å². The minimum absolute atomic E-state index is 0.0365. The molecule has 0 radical (unpaired) electrons. The summed E-state index contributed by atoms with van der Waals surface area (Å²) >= 11 is 1.93. The lowest BCUT2D eigenvalue weighted by Gasteiger charge is -2.47. The van der Waals surface area contributed by atoms with E-state index in [0.29, 0.717) is 36.4 Å². The monoisotopic (exact) mass is 321 g/mol. The maximum absolute atomic E-state index is 12.7. The Hall–Kier alpha value is -1.40. The summed E-state index contributed by atoms with van der Waals surface area (Å²) < 4.78 is 16.8. The molecule has 0 unspecified atom stereocenters. The number of hydrogen-bond donors (Lipinski definition) is 0. The molecule has 22 heavy (non-hydrogen) atoms. The topological polar surface area (TPSA) is 48.0 Å². The first kappa shape index (κ1) is 14.2. The fourth-order valence-electron chi connectivity index (χ4n) is 3.38. The van der Waals surface area contributed by atoms with E-state index in [1.807, 2.05) is 34.9 Å². The molecule has 2 fully saturated rings. The summed E-state index contributed by atoms with van der Waals surface area (Å²) in [5.41, 5.74) is 0.610. The Kier molecular flexibility index (Phi) is 3.46. The van der Waals surface area contributed by atoms with Crippen molar-refractivity contribution < 1.29 is 19.0 Å². The van der Waals surface area contributed by atoms with Gasteiger partial charge in [-0.25, -0.2) is 0 Å². The first-order chi connectivity index (χ1) is 10.7. The predicted octanol–water partition coefficient (Wildman–Crippen LogP) is 1.80. The van der Waals surface area contributed by atoms with E-state index in [0.717, 1.165) is 25.3 Å². The van der Waals surface area contributed by atoms with Gasteiger partial charge in [0.25, 0.3) is 5.91 Å². The van der Waals surface area contributed by atoms with Crippen molar-refractivity contribution in [3.63, 3.8) is 0 Å². The van der Waals surface area contributed by atoms with E-state index in [1.54, 1.807) is 7.11 Å². The number of hydrogen-bond acceptors (Lipinski definition) is 5. The number of methoxy groups -OCH3 is 1. The molecule has 0 N–H and O–H groups in total. The fraction of sp³-hybridized carbons (Fsp3) is 0.562. The second-order valence-corrected chi connectivity index (χ2v) is 7.53. The molecule has 0 bridgehead atoms. The number of likely N-dealkylation sites (tertiary alicyclic amines) is 1. The molecule has 6 heteroatoms. The van der Waals surface area contributed by atoms with Gasteiger partial charge in [-0.3, -0.25) is 4.79 Å². The Bertz CT molecular complexity index is 600. The predicted molar refractivity (Wildman–Crippen MR) is 83.9 cm³/mol. The van der Waals surface area contributed by atoms with Gasteiger partial charge in [0, 0.05) is 26.0 Å². The average Bonchev–Trinajstić information content (AvgIpc) is 2.97. The maximum atomic E-state index is 12.7. The standard InChI is InChI=1S/C16H19NO4S/c1-19-11-7-16(22-8-11)9-17(10-16)15(18)12-3-2-4-13-14(12)21-6-5-20-13/h2-4,11H,5-10H2,1H3/t11-/m0/s1. The van der Waals surface area contributed by atoms with Crippen molar-refractivity contribution in [3.05, 3.63) is 23.8 Å². The summed E-state index contributed by atoms with van der Waals surface area (Å²) in [6.07, 6.45) is 1.35. The Balaban J connectivity index is 1.48. The number of para-hydroxylation sites is 1. The van der Waals surface area contributed by atoms with Crippen LogP contribution in [0.3, 0.4) is 0 Å². The molecule has 3 aliphatic rings. The van der Waals surface area contributed by atoms with Crippen LogP contribution in [0.5, 0.6) is 11.5 Å². The van der Waals surface area contributed by atoms with Gasteiger partial charge in [-0.2, -0.15) is 0 Å². The number of benzene rings is 1. The molecule has 1 aromatic carbocycles. The highest BCUT2D eigenvalue weighted by Crippen LogP contribution is 2.47. The van der Waals surface area contributed by atoms with Crippen LogP contribution in [0.25, 0.3) is 0 Å². The van der Waals surface area contributed by atoms with E-state index in [9.17, 15) is 4.79 Å². The van der Waals surface area contributed by atoms with Crippen molar-refractivity contribution in [1.29, 1.82) is 0 Å². The van der Waals surface area contributed by atoms with Crippen molar-refractivity contribution in [2.75, 3.05) is 39.2 Å². The van der Waals surface area contributed by atoms with Crippen LogP contribution in [-0.2, 0) is 4.74 Å². The molecule has 0 saturated carbocycles. The minimum Gasteiger partial charge on any atom is -0.486 e. The van der Waals surface area contributed by atoms with Crippen LogP contribution in [0.1, 0.15) is 16.8 Å². The SMILES string of the molecule is CO[C@@H]1CSC2(C1)CN(C(=O)c1cccc3c1OCCO3)C2. The Morgan fingerprint density at radius 2 is 2.18 bits per heavy atom. The highest BCUT2D eigenvalue weighted by Gasteiger charge is 2.51. The van der Waals surface area contributed by atoms with Gasteiger partial charge in [-0.15, -0.1) is 11.8 Å². The summed E-state index contributed by atoms with van der Waals surface area (Å²) in [6.45, 7) is 2.61. The van der Waals surface area contributed by atoms with Gasteiger partial charge in [0.05, 0.1) is 16.4 Å². The molecule has 0 aromatic heterocycles. The first-order valence-corrected chi connectivity index (χ1v) is 8.54. The molecular formula is C16H19NO4S. The highest BCUT2D eigenvalue weighted by atomic mass is 32.2. The Morgan fingerprint density at radius 3 is 2.95 bits per heavy atom. The molecule has 118 valence electrons. The third-order valence-corrected chi connectivity index (χ3v) is 6.13. The largest absolute Gasteiger partial charge is 0.486 e. The zero-order chi connectivity index (χ0) is 15.2. The van der Waals surface area contributed by atoms with Gasteiger partial charge >= 0.3 is 0 Å². The van der Waals surface area contributed by atoms with E-state index >= 15 is 0 Å². The second kappa shape index (κ2) is 5.35. The van der Waals surface area contributed by atoms with Crippen molar-refractivity contribution in [3.8, 4) is 11.5 Å². The lowest BCUT2D eigenvalue weighted by molar-refractivity contribution is 0.0445. The molecule has 1 spiro atoms. The molecular weight excluding hydrogens is 302 g/mol. The molecule has 4 rings (SSSR count). The number of ether oxygens (including phenoxy) is 3. The summed E-state index contributed by atoms with van der Waals surface area (Å²) in [4.78, 5) is 14.6. The quantitative estimate of drug-likeness (QED) is 0.831. The molecule has 1 aromatic rings. The van der Waals surface area contributed by atoms with E-state index < -0.39 is 0 Å². The summed E-state index contributed by atoms with van der Waals surface area (Å²) in [5, 5.41) is 0. The van der Waals surface area contributed by atoms with Crippen molar-refractivity contribution in [2.24, 2.45) is 0 Å². The molecule has 3 heterocycles. The molecule has 5 nitrogen and oxygen atoms in total. The average molecular weight is 321 g/mol. The number of thioether (sulfide) groups is 1. The van der Waals surface area contributed by atoms with Crippen molar-refractivity contribution >= 4 is 17.7 Å². The van der Waals surface area contributed by atoms with E-state index in [1.165, 1.54) is 0 Å². The number of rotatable bonds is 2. The van der Waals surface area contributed by atoms with Gasteiger partial charge in [0.15, 0.2) is 11.5 Å². The van der Waals surface area contributed by atoms with E-state index in [4.69, 9.17) is 14.2 Å². The normalized spacial score (nSPS) is 25.1. The molecule has 0 aliphatic carbocycles. The Morgan fingerprint density at radius 1 is 1.36 bits per heavy atom. The zero-order valence-electron chi connectivity index (χ0n) is 12.5. The highest BCUT2D eigenvalue weighted by molar-refractivity contribution is 8.01. The van der Waals surface area contributed by atoms with Crippen LogP contribution in [0.2, 0.25) is 0 Å². The van der Waals surface area contributed by atoms with Crippen LogP contribution in [0.15, 0.2) is 18.2 Å². The number of fused-ring (bicyclic) bond motifs is 1.